The average molecular weight is 308 g/mol. The molecular weight excluding hydrogens is 288 g/mol. The molecule has 0 aliphatic carbocycles. The van der Waals surface area contributed by atoms with E-state index >= 15 is 0 Å². The quantitative estimate of drug-likeness (QED) is 0.859. The van der Waals surface area contributed by atoms with Gasteiger partial charge in [-0.3, -0.25) is 0 Å². The van der Waals surface area contributed by atoms with Gasteiger partial charge in [-0.25, -0.2) is 13.6 Å². The normalized spacial score (nSPS) is 14.8. The third kappa shape index (κ3) is 3.93. The zero-order valence-corrected chi connectivity index (χ0v) is 12.9. The van der Waals surface area contributed by atoms with Crippen LogP contribution in [0.5, 0.6) is 0 Å². The van der Waals surface area contributed by atoms with Crippen LogP contribution in [0.2, 0.25) is 0 Å². The van der Waals surface area contributed by atoms with Gasteiger partial charge >= 0.3 is 0 Å². The van der Waals surface area contributed by atoms with Gasteiger partial charge in [0.25, 0.3) is 0 Å². The van der Waals surface area contributed by atoms with Gasteiger partial charge in [-0.05, 0) is 43.2 Å². The highest BCUT2D eigenvalue weighted by Gasteiger charge is 2.16. The predicted molar refractivity (Wildman–Crippen MR) is 81.1 cm³/mol. The Kier molecular flexibility index (Phi) is 4.82. The fraction of sp³-hybridized carbons (Fsp3) is 0.333. The molecule has 21 heavy (non-hydrogen) atoms. The van der Waals surface area contributed by atoms with Crippen molar-refractivity contribution in [1.82, 2.24) is 5.32 Å². The van der Waals surface area contributed by atoms with E-state index in [1.807, 2.05) is 19.1 Å². The van der Waals surface area contributed by atoms with Crippen LogP contribution in [0.15, 0.2) is 52.0 Å². The molecule has 0 saturated carbocycles. The molecule has 2 rings (SSSR count). The van der Waals surface area contributed by atoms with Gasteiger partial charge < -0.3 is 9.73 Å². The largest absolute Gasteiger partial charge is 0.468 e. The monoisotopic (exact) mass is 308 g/mol. The van der Waals surface area contributed by atoms with Crippen LogP contribution in [-0.4, -0.2) is 8.42 Å². The molecular formula is C15H20N2O3S. The summed E-state index contributed by atoms with van der Waals surface area (Å²) in [6, 6.07) is 10.6. The Hall–Kier alpha value is -1.63. The summed E-state index contributed by atoms with van der Waals surface area (Å²) in [4.78, 5) is 0.122. The van der Waals surface area contributed by atoms with Gasteiger partial charge in [0, 0.05) is 6.04 Å². The Morgan fingerprint density at radius 1 is 1.24 bits per heavy atom. The molecule has 114 valence electrons. The Morgan fingerprint density at radius 3 is 2.38 bits per heavy atom. The summed E-state index contributed by atoms with van der Waals surface area (Å²) in [5.74, 6) is 0.894. The number of hydrogen-bond donors (Lipinski definition) is 2. The average Bonchev–Trinajstić information content (AvgIpc) is 2.97. The van der Waals surface area contributed by atoms with Crippen molar-refractivity contribution in [2.24, 2.45) is 5.14 Å². The summed E-state index contributed by atoms with van der Waals surface area (Å²) in [6.07, 6.45) is 2.55. The zero-order valence-electron chi connectivity index (χ0n) is 12.1. The second kappa shape index (κ2) is 6.43. The summed E-state index contributed by atoms with van der Waals surface area (Å²) in [5, 5.41) is 8.56. The lowest BCUT2D eigenvalue weighted by atomic mass is 10.1. The summed E-state index contributed by atoms with van der Waals surface area (Å²) < 4.78 is 27.9. The van der Waals surface area contributed by atoms with Crippen molar-refractivity contribution in [2.45, 2.75) is 37.2 Å². The van der Waals surface area contributed by atoms with Gasteiger partial charge in [0.05, 0.1) is 17.2 Å². The van der Waals surface area contributed by atoms with Crippen LogP contribution in [0.25, 0.3) is 0 Å². The summed E-state index contributed by atoms with van der Waals surface area (Å²) in [7, 11) is -3.64. The Balaban J connectivity index is 2.11. The Labute approximate surface area is 125 Å². The summed E-state index contributed by atoms with van der Waals surface area (Å²) in [5.41, 5.74) is 0.993. The standard InChI is InChI=1S/C15H20N2O3S/c1-3-14(15-5-4-10-20-15)17-11(2)12-6-8-13(9-7-12)21(16,18)19/h4-11,14,17H,3H2,1-2H3,(H2,16,18,19). The lowest BCUT2D eigenvalue weighted by Crippen LogP contribution is -2.24. The molecule has 1 aromatic heterocycles. The van der Waals surface area contributed by atoms with Crippen molar-refractivity contribution < 1.29 is 12.8 Å². The van der Waals surface area contributed by atoms with Crippen LogP contribution in [0.3, 0.4) is 0 Å². The van der Waals surface area contributed by atoms with Gasteiger partial charge in [-0.15, -0.1) is 0 Å². The fourth-order valence-electron chi connectivity index (χ4n) is 2.23. The van der Waals surface area contributed by atoms with Gasteiger partial charge in [0.1, 0.15) is 5.76 Å². The molecule has 3 N–H and O–H groups in total. The van der Waals surface area contributed by atoms with E-state index in [-0.39, 0.29) is 17.0 Å². The molecule has 2 atom stereocenters. The molecule has 5 nitrogen and oxygen atoms in total. The number of nitrogens with one attached hydrogen (secondary N) is 1. The first kappa shape index (κ1) is 15.8. The van der Waals surface area contributed by atoms with E-state index in [1.165, 1.54) is 12.1 Å². The van der Waals surface area contributed by atoms with Crippen LogP contribution < -0.4 is 10.5 Å². The molecule has 2 unspecified atom stereocenters. The van der Waals surface area contributed by atoms with E-state index in [9.17, 15) is 8.42 Å². The number of benzene rings is 1. The van der Waals surface area contributed by atoms with Crippen molar-refractivity contribution in [3.63, 3.8) is 0 Å². The van der Waals surface area contributed by atoms with Crippen LogP contribution in [0.4, 0.5) is 0 Å². The van der Waals surface area contributed by atoms with E-state index in [0.29, 0.717) is 0 Å². The van der Waals surface area contributed by atoms with Crippen molar-refractivity contribution in [2.75, 3.05) is 0 Å². The lowest BCUT2D eigenvalue weighted by molar-refractivity contribution is 0.376. The molecule has 0 spiro atoms. The summed E-state index contributed by atoms with van der Waals surface area (Å²) >= 11 is 0. The highest BCUT2D eigenvalue weighted by molar-refractivity contribution is 7.89. The number of nitrogens with two attached hydrogens (primary N) is 1. The zero-order chi connectivity index (χ0) is 15.5. The lowest BCUT2D eigenvalue weighted by Gasteiger charge is -2.21. The molecule has 1 aromatic carbocycles. The van der Waals surface area contributed by atoms with Gasteiger partial charge in [0.2, 0.25) is 10.0 Å². The predicted octanol–water partition coefficient (Wildman–Crippen LogP) is 2.73. The van der Waals surface area contributed by atoms with Crippen molar-refractivity contribution in [3.05, 3.63) is 54.0 Å². The molecule has 1 heterocycles. The van der Waals surface area contributed by atoms with Gasteiger partial charge in [-0.2, -0.15) is 0 Å². The van der Waals surface area contributed by atoms with Crippen molar-refractivity contribution in [1.29, 1.82) is 0 Å². The minimum Gasteiger partial charge on any atom is -0.468 e. The third-order valence-electron chi connectivity index (χ3n) is 3.45. The maximum atomic E-state index is 11.2. The molecule has 0 bridgehead atoms. The molecule has 0 radical (unpaired) electrons. The smallest absolute Gasteiger partial charge is 0.238 e. The highest BCUT2D eigenvalue weighted by atomic mass is 32.2. The number of furan rings is 1. The van der Waals surface area contributed by atoms with E-state index in [4.69, 9.17) is 9.56 Å². The molecule has 0 amide bonds. The Morgan fingerprint density at radius 2 is 1.90 bits per heavy atom. The first-order valence-corrected chi connectivity index (χ1v) is 8.38. The number of rotatable bonds is 6. The molecule has 0 fully saturated rings. The maximum Gasteiger partial charge on any atom is 0.238 e. The maximum absolute atomic E-state index is 11.2. The third-order valence-corrected chi connectivity index (χ3v) is 4.38. The van der Waals surface area contributed by atoms with Crippen molar-refractivity contribution >= 4 is 10.0 Å². The first-order valence-electron chi connectivity index (χ1n) is 6.84. The Bertz CT molecular complexity index is 663. The van der Waals surface area contributed by atoms with E-state index in [1.54, 1.807) is 18.4 Å². The topological polar surface area (TPSA) is 85.3 Å². The van der Waals surface area contributed by atoms with Crippen molar-refractivity contribution in [3.8, 4) is 0 Å². The second-order valence-corrected chi connectivity index (χ2v) is 6.54. The van der Waals surface area contributed by atoms with E-state index in [2.05, 4.69) is 12.2 Å². The SMILES string of the molecule is CCC(NC(C)c1ccc(S(N)(=O)=O)cc1)c1ccco1. The molecule has 0 aliphatic rings. The van der Waals surface area contributed by atoms with E-state index in [0.717, 1.165) is 17.7 Å². The fourth-order valence-corrected chi connectivity index (χ4v) is 2.75. The van der Waals surface area contributed by atoms with Crippen LogP contribution in [-0.2, 0) is 10.0 Å². The molecule has 2 aromatic rings. The highest BCUT2D eigenvalue weighted by Crippen LogP contribution is 2.23. The number of sulfonamides is 1. The molecule has 0 aliphatic heterocycles. The first-order chi connectivity index (χ1) is 9.91. The number of hydrogen-bond acceptors (Lipinski definition) is 4. The van der Waals surface area contributed by atoms with Crippen LogP contribution in [0.1, 0.15) is 43.7 Å². The van der Waals surface area contributed by atoms with Gasteiger partial charge in [0.15, 0.2) is 0 Å². The molecule has 0 saturated heterocycles. The summed E-state index contributed by atoms with van der Waals surface area (Å²) in [6.45, 7) is 4.11. The number of primary sulfonamides is 1. The minimum absolute atomic E-state index is 0.0644. The minimum atomic E-state index is -3.64. The van der Waals surface area contributed by atoms with Crippen LogP contribution in [0, 0.1) is 0 Å². The molecule has 6 heteroatoms. The van der Waals surface area contributed by atoms with E-state index < -0.39 is 10.0 Å². The second-order valence-electron chi connectivity index (χ2n) is 4.98. The van der Waals surface area contributed by atoms with Gasteiger partial charge in [-0.1, -0.05) is 19.1 Å². The van der Waals surface area contributed by atoms with Crippen LogP contribution >= 0.6 is 0 Å².